The molecule has 2 aromatic carbocycles. The largest absolute Gasteiger partial charge is 0.482 e. The zero-order chi connectivity index (χ0) is 21.6. The van der Waals surface area contributed by atoms with E-state index in [1.165, 1.54) is 10.5 Å². The molecule has 3 heterocycles. The fraction of sp³-hybridized carbons (Fsp3) is 0.0952. The number of hydrogen-bond donors (Lipinski definition) is 4. The number of benzene rings is 2. The molecule has 0 fully saturated rings. The second kappa shape index (κ2) is 7.27. The van der Waals surface area contributed by atoms with Crippen LogP contribution in [0.15, 0.2) is 66.2 Å². The van der Waals surface area contributed by atoms with Crippen molar-refractivity contribution in [2.24, 2.45) is 0 Å². The Hall–Kier alpha value is -3.60. The summed E-state index contributed by atoms with van der Waals surface area (Å²) < 4.78 is 28.8. The van der Waals surface area contributed by atoms with Gasteiger partial charge in [-0.05, 0) is 24.3 Å². The van der Waals surface area contributed by atoms with Gasteiger partial charge in [-0.3, -0.25) is 18.2 Å². The summed E-state index contributed by atoms with van der Waals surface area (Å²) in [6, 6.07) is 12.6. The van der Waals surface area contributed by atoms with Crippen LogP contribution >= 0.6 is 10.8 Å². The molecule has 1 aromatic heterocycles. The molecule has 9 nitrogen and oxygen atoms in total. The number of carbonyl (C=O) groups is 1. The van der Waals surface area contributed by atoms with Gasteiger partial charge in [0.2, 0.25) is 5.95 Å². The number of nitrogens with zero attached hydrogens (tertiary/aromatic N) is 3. The van der Waals surface area contributed by atoms with E-state index in [2.05, 4.69) is 27.2 Å². The molecule has 0 spiro atoms. The highest BCUT2D eigenvalue weighted by Gasteiger charge is 2.36. The van der Waals surface area contributed by atoms with Crippen molar-refractivity contribution < 1.29 is 18.6 Å². The molecule has 0 radical (unpaired) electrons. The highest BCUT2D eigenvalue weighted by atomic mass is 32.3. The molecule has 0 saturated carbocycles. The molecule has 1 amide bonds. The Morgan fingerprint density at radius 1 is 1.29 bits per heavy atom. The Balaban J connectivity index is 1.54. The monoisotopic (exact) mass is 437 g/mol. The molecule has 31 heavy (non-hydrogen) atoms. The van der Waals surface area contributed by atoms with Crippen molar-refractivity contribution in [2.45, 2.75) is 4.90 Å². The van der Waals surface area contributed by atoms with Gasteiger partial charge in [-0.25, -0.2) is 9.97 Å². The van der Waals surface area contributed by atoms with Gasteiger partial charge < -0.3 is 15.4 Å². The summed E-state index contributed by atoms with van der Waals surface area (Å²) in [6.45, 7) is 3.97. The number of hydrogen-bond acceptors (Lipinski definition) is 8. The molecule has 0 unspecified atom stereocenters. The van der Waals surface area contributed by atoms with Crippen molar-refractivity contribution in [2.75, 3.05) is 28.1 Å². The molecule has 158 valence electrons. The number of anilines is 4. The summed E-state index contributed by atoms with van der Waals surface area (Å²) >= 11 is 0. The number of carbonyl (C=O) groups excluding carboxylic acids is 1. The van der Waals surface area contributed by atoms with Crippen LogP contribution < -0.4 is 19.7 Å². The maximum Gasteiger partial charge on any atom is 0.262 e. The van der Waals surface area contributed by atoms with Crippen LogP contribution in [0.25, 0.3) is 11.3 Å². The van der Waals surface area contributed by atoms with Crippen molar-refractivity contribution in [3.05, 3.63) is 61.3 Å². The molecule has 2 aliphatic heterocycles. The van der Waals surface area contributed by atoms with Crippen LogP contribution in [0.5, 0.6) is 5.75 Å². The molecule has 0 atom stereocenters. The normalized spacial score (nSPS) is 16.7. The standard InChI is InChI=1S/C21H19N5O4S/c1-2-9-26-16-6-4-3-5-14(16)20-18(31(26,28)29)11-22-21(25-20)23-13-7-8-17-15(10-13)24-19(27)12-30-17/h2-8,10-11,28-29H,1,9,12H2,(H,24,27)(H,22,23,25). The summed E-state index contributed by atoms with van der Waals surface area (Å²) in [6.07, 6.45) is 3.04. The minimum Gasteiger partial charge on any atom is -0.482 e. The van der Waals surface area contributed by atoms with E-state index >= 15 is 0 Å². The van der Waals surface area contributed by atoms with E-state index < -0.39 is 10.8 Å². The zero-order valence-electron chi connectivity index (χ0n) is 16.3. The first-order valence-corrected chi connectivity index (χ1v) is 10.9. The third-order valence-electron chi connectivity index (χ3n) is 4.95. The average Bonchev–Trinajstić information content (AvgIpc) is 2.76. The van der Waals surface area contributed by atoms with Crippen molar-refractivity contribution in [1.82, 2.24) is 9.97 Å². The molecule has 10 heteroatoms. The van der Waals surface area contributed by atoms with Crippen LogP contribution in [-0.2, 0) is 4.79 Å². The van der Waals surface area contributed by atoms with Gasteiger partial charge in [-0.2, -0.15) is 0 Å². The molecule has 3 aromatic rings. The summed E-state index contributed by atoms with van der Waals surface area (Å²) in [5.74, 6) is 0.645. The quantitative estimate of drug-likeness (QED) is 0.447. The van der Waals surface area contributed by atoms with E-state index in [0.29, 0.717) is 28.5 Å². The Kier molecular flexibility index (Phi) is 4.54. The first-order valence-electron chi connectivity index (χ1n) is 9.44. The van der Waals surface area contributed by atoms with Crippen molar-refractivity contribution >= 4 is 39.7 Å². The van der Waals surface area contributed by atoms with Gasteiger partial charge in [0.25, 0.3) is 5.91 Å². The molecule has 0 saturated heterocycles. The maximum absolute atomic E-state index is 11.6. The average molecular weight is 437 g/mol. The van der Waals surface area contributed by atoms with E-state index in [1.807, 2.05) is 24.3 Å². The van der Waals surface area contributed by atoms with E-state index in [9.17, 15) is 13.9 Å². The zero-order valence-corrected chi connectivity index (χ0v) is 17.1. The number of para-hydroxylation sites is 1. The SMILES string of the molecule is C=CCN1c2ccccc2-c2nc(Nc3ccc4c(c3)NC(=O)CO4)ncc2S1(O)O. The second-order valence-electron chi connectivity index (χ2n) is 6.96. The summed E-state index contributed by atoms with van der Waals surface area (Å²) in [4.78, 5) is 20.7. The van der Waals surface area contributed by atoms with Gasteiger partial charge in [0, 0.05) is 11.3 Å². The lowest BCUT2D eigenvalue weighted by atomic mass is 10.1. The molecule has 4 N–H and O–H groups in total. The molecule has 0 aliphatic carbocycles. The fourth-order valence-electron chi connectivity index (χ4n) is 3.58. The third kappa shape index (κ3) is 3.26. The second-order valence-corrected chi connectivity index (χ2v) is 8.88. The number of fused-ring (bicyclic) bond motifs is 4. The van der Waals surface area contributed by atoms with E-state index in [0.717, 1.165) is 5.56 Å². The first-order chi connectivity index (χ1) is 15.0. The van der Waals surface area contributed by atoms with Crippen LogP contribution in [0, 0.1) is 0 Å². The van der Waals surface area contributed by atoms with Gasteiger partial charge in [-0.1, -0.05) is 35.1 Å². The molecule has 0 bridgehead atoms. The number of ether oxygens (including phenoxy) is 1. The van der Waals surface area contributed by atoms with Crippen LogP contribution in [0.1, 0.15) is 0 Å². The number of rotatable bonds is 4. The van der Waals surface area contributed by atoms with Crippen molar-refractivity contribution in [3.63, 3.8) is 0 Å². The predicted molar refractivity (Wildman–Crippen MR) is 120 cm³/mol. The summed E-state index contributed by atoms with van der Waals surface area (Å²) in [5, 5.41) is 5.86. The topological polar surface area (TPSA) is 120 Å². The van der Waals surface area contributed by atoms with E-state index in [4.69, 9.17) is 4.74 Å². The minimum absolute atomic E-state index is 0.0115. The van der Waals surface area contributed by atoms with Crippen LogP contribution in [0.2, 0.25) is 0 Å². The fourth-order valence-corrected chi connectivity index (χ4v) is 5.17. The Morgan fingerprint density at radius 2 is 2.13 bits per heavy atom. The Morgan fingerprint density at radius 3 is 2.97 bits per heavy atom. The maximum atomic E-state index is 11.6. The lowest BCUT2D eigenvalue weighted by Crippen LogP contribution is -2.31. The number of aromatic nitrogens is 2. The molecular weight excluding hydrogens is 418 g/mol. The smallest absolute Gasteiger partial charge is 0.262 e. The summed E-state index contributed by atoms with van der Waals surface area (Å²) in [5.41, 5.74) is 3.07. The third-order valence-corrected chi connectivity index (χ3v) is 6.80. The van der Waals surface area contributed by atoms with Gasteiger partial charge in [0.05, 0.1) is 24.1 Å². The molecule has 5 rings (SSSR count). The summed E-state index contributed by atoms with van der Waals surface area (Å²) in [7, 11) is -3.32. The van der Waals surface area contributed by atoms with Gasteiger partial charge in [0.15, 0.2) is 6.61 Å². The number of nitrogens with one attached hydrogen (secondary N) is 2. The van der Waals surface area contributed by atoms with Crippen LogP contribution in [-0.4, -0.2) is 38.1 Å². The van der Waals surface area contributed by atoms with Crippen molar-refractivity contribution in [1.29, 1.82) is 0 Å². The predicted octanol–water partition coefficient (Wildman–Crippen LogP) is 4.25. The van der Waals surface area contributed by atoms with Crippen LogP contribution in [0.3, 0.4) is 0 Å². The lowest BCUT2D eigenvalue weighted by molar-refractivity contribution is -0.118. The number of amides is 1. The molecule has 2 aliphatic rings. The lowest BCUT2D eigenvalue weighted by Gasteiger charge is -2.47. The van der Waals surface area contributed by atoms with Gasteiger partial charge in [-0.15, -0.1) is 6.58 Å². The van der Waals surface area contributed by atoms with Crippen molar-refractivity contribution in [3.8, 4) is 17.0 Å². The van der Waals surface area contributed by atoms with Gasteiger partial charge >= 0.3 is 0 Å². The highest BCUT2D eigenvalue weighted by molar-refractivity contribution is 8.25. The Labute approximate surface area is 179 Å². The highest BCUT2D eigenvalue weighted by Crippen LogP contribution is 2.61. The molecular formula is C21H19N5O4S. The Bertz CT molecular complexity index is 1220. The minimum atomic E-state index is -3.32. The van der Waals surface area contributed by atoms with E-state index in [1.54, 1.807) is 24.3 Å². The van der Waals surface area contributed by atoms with E-state index in [-0.39, 0.29) is 29.9 Å². The van der Waals surface area contributed by atoms with Crippen LogP contribution in [0.4, 0.5) is 23.0 Å². The first kappa shape index (κ1) is 19.4. The van der Waals surface area contributed by atoms with Gasteiger partial charge in [0.1, 0.15) is 16.3 Å².